The number of carboxylic acids is 3. The third kappa shape index (κ3) is 19.0. The number of carboxylic acid groups (broad SMARTS) is 3. The highest BCUT2D eigenvalue weighted by atomic mass is 16.6. The van der Waals surface area contributed by atoms with Gasteiger partial charge in [0, 0.05) is 44.6 Å². The topological polar surface area (TPSA) is 359 Å². The number of non-ortho nitro benzene ring substituents is 1. The van der Waals surface area contributed by atoms with Crippen molar-refractivity contribution in [2.24, 2.45) is 5.92 Å². The lowest BCUT2D eigenvalue weighted by molar-refractivity contribution is -0.384. The molecule has 0 aliphatic carbocycles. The zero-order valence-corrected chi connectivity index (χ0v) is 31.6. The number of carbonyl (C=O) groups excluding carboxylic acids is 7. The quantitative estimate of drug-likeness (QED) is 0.0314. The molecule has 0 bridgehead atoms. The van der Waals surface area contributed by atoms with Crippen LogP contribution in [0, 0.1) is 16.0 Å². The number of benzene rings is 1. The molecule has 0 aliphatic rings. The number of rotatable bonds is 25. The lowest BCUT2D eigenvalue weighted by Crippen LogP contribution is -2.59. The highest BCUT2D eigenvalue weighted by Crippen LogP contribution is 2.16. The fourth-order valence-corrected chi connectivity index (χ4v) is 5.09. The first-order chi connectivity index (χ1) is 26.6. The van der Waals surface area contributed by atoms with E-state index in [4.69, 9.17) is 10.2 Å². The molecule has 7 amide bonds. The van der Waals surface area contributed by atoms with Gasteiger partial charge in [-0.05, 0) is 43.7 Å². The maximum atomic E-state index is 13.4. The lowest BCUT2D eigenvalue weighted by Gasteiger charge is -2.27. The largest absolute Gasteiger partial charge is 0.481 e. The van der Waals surface area contributed by atoms with Crippen LogP contribution in [0.25, 0.3) is 0 Å². The van der Waals surface area contributed by atoms with Crippen molar-refractivity contribution in [3.05, 3.63) is 34.4 Å². The molecule has 314 valence electrons. The Hall–Kier alpha value is -6.68. The molecule has 5 atom stereocenters. The highest BCUT2D eigenvalue weighted by molar-refractivity contribution is 5.98. The van der Waals surface area contributed by atoms with E-state index in [1.165, 1.54) is 45.0 Å². The summed E-state index contributed by atoms with van der Waals surface area (Å²) in [6, 6.07) is -2.38. The van der Waals surface area contributed by atoms with Crippen LogP contribution in [0.3, 0.4) is 0 Å². The third-order valence-corrected chi connectivity index (χ3v) is 7.87. The molecule has 1 aromatic rings. The first-order valence-corrected chi connectivity index (χ1v) is 17.5. The number of nitro benzene ring substituents is 1. The van der Waals surface area contributed by atoms with Gasteiger partial charge in [0.25, 0.3) is 5.69 Å². The van der Waals surface area contributed by atoms with E-state index < -0.39 is 126 Å². The van der Waals surface area contributed by atoms with E-state index in [1.807, 2.05) is 0 Å². The predicted octanol–water partition coefficient (Wildman–Crippen LogP) is -1.25. The molecule has 0 radical (unpaired) electrons. The highest BCUT2D eigenvalue weighted by Gasteiger charge is 2.34. The molecule has 10 N–H and O–H groups in total. The summed E-state index contributed by atoms with van der Waals surface area (Å²) in [4.78, 5) is 133. The molecule has 23 nitrogen and oxygen atoms in total. The Balaban J connectivity index is 2.96. The van der Waals surface area contributed by atoms with E-state index in [9.17, 15) is 63.2 Å². The molecule has 0 saturated carbocycles. The molecule has 1 unspecified atom stereocenters. The second-order valence-electron chi connectivity index (χ2n) is 13.1. The van der Waals surface area contributed by atoms with Crippen LogP contribution in [-0.4, -0.2) is 116 Å². The summed E-state index contributed by atoms with van der Waals surface area (Å²) in [5.41, 5.74) is 0.0520. The Morgan fingerprint density at radius 3 is 1.60 bits per heavy atom. The number of hydrogen-bond acceptors (Lipinski definition) is 12. The van der Waals surface area contributed by atoms with E-state index in [2.05, 4.69) is 37.2 Å². The molecule has 57 heavy (non-hydrogen) atoms. The van der Waals surface area contributed by atoms with Gasteiger partial charge in [-0.15, -0.1) is 0 Å². The molecular formula is C34H48N8O15. The Kier molecular flexibility index (Phi) is 20.3. The van der Waals surface area contributed by atoms with Crippen LogP contribution < -0.4 is 37.2 Å². The maximum Gasteiger partial charge on any atom is 0.305 e. The molecule has 1 rings (SSSR count). The molecule has 1 aromatic carbocycles. The van der Waals surface area contributed by atoms with Crippen LogP contribution in [0.5, 0.6) is 0 Å². The van der Waals surface area contributed by atoms with Crippen LogP contribution in [0.15, 0.2) is 24.3 Å². The molecule has 0 aliphatic heterocycles. The average Bonchev–Trinajstić information content (AvgIpc) is 3.09. The van der Waals surface area contributed by atoms with Gasteiger partial charge >= 0.3 is 17.9 Å². The summed E-state index contributed by atoms with van der Waals surface area (Å²) in [5.74, 6) is -11.0. The molecule has 0 fully saturated rings. The number of nitro groups is 1. The van der Waals surface area contributed by atoms with Gasteiger partial charge in [0.15, 0.2) is 0 Å². The van der Waals surface area contributed by atoms with Gasteiger partial charge in [-0.2, -0.15) is 0 Å². The average molecular weight is 809 g/mol. The van der Waals surface area contributed by atoms with Crippen molar-refractivity contribution in [2.75, 3.05) is 11.9 Å². The summed E-state index contributed by atoms with van der Waals surface area (Å²) in [7, 11) is 0. The summed E-state index contributed by atoms with van der Waals surface area (Å²) in [6.07, 6.45) is -2.33. The minimum Gasteiger partial charge on any atom is -0.481 e. The summed E-state index contributed by atoms with van der Waals surface area (Å²) in [6.45, 7) is 5.13. The second-order valence-corrected chi connectivity index (χ2v) is 13.1. The smallest absolute Gasteiger partial charge is 0.305 e. The van der Waals surface area contributed by atoms with Gasteiger partial charge in [-0.1, -0.05) is 13.8 Å². The van der Waals surface area contributed by atoms with Gasteiger partial charge in [-0.3, -0.25) is 58.1 Å². The van der Waals surface area contributed by atoms with Crippen molar-refractivity contribution < 1.29 is 68.2 Å². The van der Waals surface area contributed by atoms with Crippen LogP contribution in [0.1, 0.15) is 72.6 Å². The number of hydrogen-bond donors (Lipinski definition) is 10. The monoisotopic (exact) mass is 808 g/mol. The van der Waals surface area contributed by atoms with E-state index >= 15 is 0 Å². The van der Waals surface area contributed by atoms with Crippen molar-refractivity contribution in [3.63, 3.8) is 0 Å². The fraction of sp³-hybridized carbons (Fsp3) is 0.529. The van der Waals surface area contributed by atoms with Crippen molar-refractivity contribution in [1.82, 2.24) is 31.9 Å². The molecule has 0 spiro atoms. The van der Waals surface area contributed by atoms with E-state index in [-0.39, 0.29) is 37.2 Å². The fourth-order valence-electron chi connectivity index (χ4n) is 5.09. The minimum atomic E-state index is -1.65. The molecule has 0 saturated heterocycles. The number of nitrogens with zero attached hydrogens (tertiary/aromatic N) is 1. The normalized spacial score (nSPS) is 13.3. The van der Waals surface area contributed by atoms with Crippen molar-refractivity contribution in [1.29, 1.82) is 0 Å². The third-order valence-electron chi connectivity index (χ3n) is 7.87. The van der Waals surface area contributed by atoms with Gasteiger partial charge in [0.1, 0.15) is 30.2 Å². The van der Waals surface area contributed by atoms with Gasteiger partial charge in [0.2, 0.25) is 41.4 Å². The number of nitrogens with one attached hydrogen (secondary N) is 7. The predicted molar refractivity (Wildman–Crippen MR) is 196 cm³/mol. The Morgan fingerprint density at radius 1 is 0.614 bits per heavy atom. The SMILES string of the molecule is CC(=O)N[C@@H](CCCCNC(=O)[C@H](CC(=O)O)NC(=O)C(NC(=O)[C@H](CCC(=O)O)NC(=O)[C@H](CC(=O)O)NC(C)=O)C(C)C)C(=O)Nc1ccc([N+](=O)[O-])cc1. The number of anilines is 1. The molecule has 0 aromatic heterocycles. The van der Waals surface area contributed by atoms with Gasteiger partial charge in [-0.25, -0.2) is 0 Å². The first kappa shape index (κ1) is 48.3. The minimum absolute atomic E-state index is 0.0573. The van der Waals surface area contributed by atoms with Crippen molar-refractivity contribution in [3.8, 4) is 0 Å². The van der Waals surface area contributed by atoms with E-state index in [1.54, 1.807) is 0 Å². The van der Waals surface area contributed by atoms with Crippen LogP contribution in [0.2, 0.25) is 0 Å². The van der Waals surface area contributed by atoms with E-state index in [0.29, 0.717) is 0 Å². The molecule has 23 heteroatoms. The van der Waals surface area contributed by atoms with Gasteiger partial charge < -0.3 is 52.5 Å². The molecular weight excluding hydrogens is 760 g/mol. The van der Waals surface area contributed by atoms with Crippen LogP contribution >= 0.6 is 0 Å². The van der Waals surface area contributed by atoms with E-state index in [0.717, 1.165) is 6.92 Å². The number of amides is 7. The zero-order valence-electron chi connectivity index (χ0n) is 31.6. The number of aliphatic carboxylic acids is 3. The summed E-state index contributed by atoms with van der Waals surface area (Å²) < 4.78 is 0. The van der Waals surface area contributed by atoms with Crippen LogP contribution in [0.4, 0.5) is 11.4 Å². The number of unbranched alkanes of at least 4 members (excludes halogenated alkanes) is 1. The zero-order chi connectivity index (χ0) is 43.4. The number of carbonyl (C=O) groups is 10. The maximum absolute atomic E-state index is 13.4. The standard InChI is InChI=1S/C34H48N8O15/c1-17(2)29(41-32(53)23(12-13-26(45)46)39-33(54)25(16-28(49)50)37-19(4)44)34(55)40-24(15-27(47)48)30(51)35-14-6-5-7-22(36-18(3)43)31(52)38-20-8-10-21(11-9-20)42(56)57/h8-11,17,22-25,29H,5-7,12-16H2,1-4H3,(H,35,51)(H,36,43)(H,37,44)(H,38,52)(H,39,54)(H,40,55)(H,41,53)(H,45,46)(H,47,48)(H,49,50)/t22-,23-,24-,25-,29?/m0/s1. The lowest BCUT2D eigenvalue weighted by atomic mass is 10.0. The Morgan fingerprint density at radius 2 is 1.11 bits per heavy atom. The second kappa shape index (κ2) is 24.0. The Labute approximate surface area is 325 Å². The van der Waals surface area contributed by atoms with Crippen LogP contribution in [-0.2, 0) is 47.9 Å². The summed E-state index contributed by atoms with van der Waals surface area (Å²) >= 11 is 0. The van der Waals surface area contributed by atoms with Crippen molar-refractivity contribution in [2.45, 2.75) is 103 Å². The van der Waals surface area contributed by atoms with Crippen molar-refractivity contribution >= 4 is 70.6 Å². The van der Waals surface area contributed by atoms with Gasteiger partial charge in [0.05, 0.1) is 17.8 Å². The Bertz CT molecular complexity index is 1650. The summed E-state index contributed by atoms with van der Waals surface area (Å²) in [5, 5.41) is 55.1. The first-order valence-electron chi connectivity index (χ1n) is 17.5. The molecule has 0 heterocycles.